The molecule has 1 fully saturated rings. The summed E-state index contributed by atoms with van der Waals surface area (Å²) in [7, 11) is 0. The molecular weight excluding hydrogens is 220 g/mol. The Bertz CT molecular complexity index is 264. The van der Waals surface area contributed by atoms with Crippen molar-refractivity contribution in [2.75, 3.05) is 13.1 Å². The summed E-state index contributed by atoms with van der Waals surface area (Å²) in [5, 5.41) is 17.4. The SMILES string of the molecule is NC(CCCCNCCC(=O)NC1CC1)=NO. The van der Waals surface area contributed by atoms with Gasteiger partial charge >= 0.3 is 0 Å². The summed E-state index contributed by atoms with van der Waals surface area (Å²) in [6, 6.07) is 0.447. The van der Waals surface area contributed by atoms with Gasteiger partial charge in [0.25, 0.3) is 0 Å². The van der Waals surface area contributed by atoms with Crippen molar-refractivity contribution in [3.8, 4) is 0 Å². The Balaban J connectivity index is 1.82. The van der Waals surface area contributed by atoms with Crippen LogP contribution >= 0.6 is 0 Å². The van der Waals surface area contributed by atoms with Gasteiger partial charge in [-0.15, -0.1) is 0 Å². The van der Waals surface area contributed by atoms with Crippen LogP contribution in [0.5, 0.6) is 0 Å². The molecule has 1 amide bonds. The summed E-state index contributed by atoms with van der Waals surface area (Å²) in [5.74, 6) is 0.408. The van der Waals surface area contributed by atoms with Gasteiger partial charge < -0.3 is 21.6 Å². The fourth-order valence-corrected chi connectivity index (χ4v) is 1.46. The van der Waals surface area contributed by atoms with Crippen molar-refractivity contribution < 1.29 is 10.0 Å². The quantitative estimate of drug-likeness (QED) is 0.152. The second-order valence-electron chi connectivity index (χ2n) is 4.39. The molecule has 0 bridgehead atoms. The number of amidine groups is 1. The van der Waals surface area contributed by atoms with Crippen molar-refractivity contribution in [3.63, 3.8) is 0 Å². The molecule has 0 heterocycles. The van der Waals surface area contributed by atoms with Gasteiger partial charge in [0, 0.05) is 25.4 Å². The fraction of sp³-hybridized carbons (Fsp3) is 0.818. The molecule has 0 spiro atoms. The Morgan fingerprint density at radius 2 is 2.06 bits per heavy atom. The molecule has 0 aromatic heterocycles. The molecule has 1 saturated carbocycles. The summed E-state index contributed by atoms with van der Waals surface area (Å²) < 4.78 is 0. The number of carbonyl (C=O) groups excluding carboxylic acids is 1. The number of unbranched alkanes of at least 4 members (excludes halogenated alkanes) is 1. The van der Waals surface area contributed by atoms with Crippen LogP contribution in [0.25, 0.3) is 0 Å². The van der Waals surface area contributed by atoms with E-state index in [9.17, 15) is 4.79 Å². The molecule has 17 heavy (non-hydrogen) atoms. The van der Waals surface area contributed by atoms with Gasteiger partial charge in [0.2, 0.25) is 5.91 Å². The highest BCUT2D eigenvalue weighted by Crippen LogP contribution is 2.18. The molecule has 6 nitrogen and oxygen atoms in total. The predicted octanol–water partition coefficient (Wildman–Crippen LogP) is 0.161. The number of rotatable bonds is 9. The minimum Gasteiger partial charge on any atom is -0.409 e. The molecule has 0 saturated heterocycles. The lowest BCUT2D eigenvalue weighted by Gasteiger charge is -2.05. The minimum atomic E-state index is 0.136. The van der Waals surface area contributed by atoms with Crippen molar-refractivity contribution in [1.29, 1.82) is 0 Å². The van der Waals surface area contributed by atoms with Crippen LogP contribution in [-0.4, -0.2) is 36.1 Å². The summed E-state index contributed by atoms with van der Waals surface area (Å²) in [6.45, 7) is 1.57. The number of nitrogens with zero attached hydrogens (tertiary/aromatic N) is 1. The third-order valence-electron chi connectivity index (χ3n) is 2.64. The van der Waals surface area contributed by atoms with E-state index in [2.05, 4.69) is 15.8 Å². The van der Waals surface area contributed by atoms with E-state index in [0.29, 0.717) is 25.4 Å². The van der Waals surface area contributed by atoms with Crippen molar-refractivity contribution in [1.82, 2.24) is 10.6 Å². The van der Waals surface area contributed by atoms with E-state index >= 15 is 0 Å². The van der Waals surface area contributed by atoms with Crippen LogP contribution in [0.2, 0.25) is 0 Å². The number of amides is 1. The lowest BCUT2D eigenvalue weighted by molar-refractivity contribution is -0.121. The fourth-order valence-electron chi connectivity index (χ4n) is 1.46. The maximum absolute atomic E-state index is 11.3. The van der Waals surface area contributed by atoms with Crippen LogP contribution < -0.4 is 16.4 Å². The smallest absolute Gasteiger partial charge is 0.221 e. The minimum absolute atomic E-state index is 0.136. The maximum atomic E-state index is 11.3. The highest BCUT2D eigenvalue weighted by molar-refractivity contribution is 5.79. The lowest BCUT2D eigenvalue weighted by atomic mass is 10.2. The van der Waals surface area contributed by atoms with Crippen molar-refractivity contribution in [2.45, 2.75) is 44.6 Å². The highest BCUT2D eigenvalue weighted by atomic mass is 16.4. The van der Waals surface area contributed by atoms with Crippen LogP contribution in [0.3, 0.4) is 0 Å². The first-order valence-electron chi connectivity index (χ1n) is 6.19. The average molecular weight is 242 g/mol. The van der Waals surface area contributed by atoms with Crippen LogP contribution in [0.1, 0.15) is 38.5 Å². The molecule has 0 aromatic carbocycles. The van der Waals surface area contributed by atoms with E-state index in [1.165, 1.54) is 0 Å². The second-order valence-corrected chi connectivity index (χ2v) is 4.39. The third kappa shape index (κ3) is 7.57. The number of oxime groups is 1. The standard InChI is InChI=1S/C11H22N4O2/c12-10(15-17)3-1-2-7-13-8-6-11(16)14-9-4-5-9/h9,13,17H,1-8H2,(H2,12,15)(H,14,16). The molecular formula is C11H22N4O2. The third-order valence-corrected chi connectivity index (χ3v) is 2.64. The number of hydrogen-bond acceptors (Lipinski definition) is 4. The molecule has 1 aliphatic carbocycles. The van der Waals surface area contributed by atoms with Gasteiger partial charge in [0.15, 0.2) is 0 Å². The largest absolute Gasteiger partial charge is 0.409 e. The second kappa shape index (κ2) is 7.89. The summed E-state index contributed by atoms with van der Waals surface area (Å²) in [6.07, 6.45) is 5.26. The van der Waals surface area contributed by atoms with E-state index in [1.807, 2.05) is 0 Å². The molecule has 0 unspecified atom stereocenters. The lowest BCUT2D eigenvalue weighted by Crippen LogP contribution is -2.29. The molecule has 98 valence electrons. The first-order valence-corrected chi connectivity index (χ1v) is 6.19. The van der Waals surface area contributed by atoms with E-state index in [0.717, 1.165) is 32.2 Å². The van der Waals surface area contributed by atoms with Crippen LogP contribution in [0.15, 0.2) is 5.16 Å². The molecule has 0 aromatic rings. The zero-order valence-electron chi connectivity index (χ0n) is 10.1. The van der Waals surface area contributed by atoms with Gasteiger partial charge in [0.1, 0.15) is 5.84 Å². The topological polar surface area (TPSA) is 99.7 Å². The Hall–Kier alpha value is -1.30. The number of nitrogens with two attached hydrogens (primary N) is 1. The first-order chi connectivity index (χ1) is 8.22. The van der Waals surface area contributed by atoms with Crippen molar-refractivity contribution in [3.05, 3.63) is 0 Å². The van der Waals surface area contributed by atoms with E-state index < -0.39 is 0 Å². The molecule has 0 radical (unpaired) electrons. The molecule has 5 N–H and O–H groups in total. The van der Waals surface area contributed by atoms with Gasteiger partial charge in [-0.1, -0.05) is 5.16 Å². The number of nitrogens with one attached hydrogen (secondary N) is 2. The van der Waals surface area contributed by atoms with Gasteiger partial charge in [-0.2, -0.15) is 0 Å². The zero-order valence-corrected chi connectivity index (χ0v) is 10.1. The van der Waals surface area contributed by atoms with Crippen LogP contribution in [-0.2, 0) is 4.79 Å². The van der Waals surface area contributed by atoms with Crippen LogP contribution in [0, 0.1) is 0 Å². The van der Waals surface area contributed by atoms with Crippen LogP contribution in [0.4, 0.5) is 0 Å². The van der Waals surface area contributed by atoms with E-state index in [-0.39, 0.29) is 11.7 Å². The molecule has 1 aliphatic rings. The Kier molecular flexibility index (Phi) is 6.39. The van der Waals surface area contributed by atoms with E-state index in [4.69, 9.17) is 10.9 Å². The van der Waals surface area contributed by atoms with Gasteiger partial charge in [0.05, 0.1) is 0 Å². The number of hydrogen-bond donors (Lipinski definition) is 4. The van der Waals surface area contributed by atoms with Gasteiger partial charge in [-0.05, 0) is 32.2 Å². The molecule has 1 rings (SSSR count). The maximum Gasteiger partial charge on any atom is 0.221 e. The van der Waals surface area contributed by atoms with Gasteiger partial charge in [-0.25, -0.2) is 0 Å². The summed E-state index contributed by atoms with van der Waals surface area (Å²) >= 11 is 0. The van der Waals surface area contributed by atoms with Crippen molar-refractivity contribution >= 4 is 11.7 Å². The zero-order chi connectivity index (χ0) is 12.5. The summed E-state index contributed by atoms with van der Waals surface area (Å²) in [5.41, 5.74) is 5.33. The average Bonchev–Trinajstić information content (AvgIpc) is 3.11. The predicted molar refractivity (Wildman–Crippen MR) is 65.9 cm³/mol. The normalized spacial score (nSPS) is 15.9. The number of carbonyl (C=O) groups is 1. The molecule has 0 aliphatic heterocycles. The highest BCUT2D eigenvalue weighted by Gasteiger charge is 2.22. The summed E-state index contributed by atoms with van der Waals surface area (Å²) in [4.78, 5) is 11.3. The monoisotopic (exact) mass is 242 g/mol. The van der Waals surface area contributed by atoms with E-state index in [1.54, 1.807) is 0 Å². The molecule has 0 atom stereocenters. The Morgan fingerprint density at radius 1 is 1.29 bits per heavy atom. The molecule has 6 heteroatoms. The van der Waals surface area contributed by atoms with Crippen molar-refractivity contribution in [2.24, 2.45) is 10.9 Å². The van der Waals surface area contributed by atoms with Gasteiger partial charge in [-0.3, -0.25) is 4.79 Å². The Morgan fingerprint density at radius 3 is 2.71 bits per heavy atom. The first kappa shape index (κ1) is 13.8. The Labute approximate surface area is 102 Å².